The predicted octanol–water partition coefficient (Wildman–Crippen LogP) is 4.42. The lowest BCUT2D eigenvalue weighted by molar-refractivity contribution is 0.836. The van der Waals surface area contributed by atoms with E-state index in [-0.39, 0.29) is 0 Å². The van der Waals surface area contributed by atoms with Crippen LogP contribution in [0.1, 0.15) is 38.8 Å². The van der Waals surface area contributed by atoms with Crippen molar-refractivity contribution in [3.8, 4) is 0 Å². The first-order valence-corrected chi connectivity index (χ1v) is 5.48. The van der Waals surface area contributed by atoms with Crippen molar-refractivity contribution in [2.45, 2.75) is 27.7 Å². The molecule has 0 aliphatic rings. The molecular formula is C14H21N. The molecule has 0 spiro atoms. The summed E-state index contributed by atoms with van der Waals surface area (Å²) in [6, 6.07) is 1.97. The second kappa shape index (κ2) is 7.98. The van der Waals surface area contributed by atoms with Crippen molar-refractivity contribution >= 4 is 12.2 Å². The van der Waals surface area contributed by atoms with Crippen LogP contribution in [0.2, 0.25) is 0 Å². The van der Waals surface area contributed by atoms with E-state index in [9.17, 15) is 0 Å². The molecule has 0 aliphatic heterocycles. The van der Waals surface area contributed by atoms with Crippen molar-refractivity contribution in [3.05, 3.63) is 42.2 Å². The summed E-state index contributed by atoms with van der Waals surface area (Å²) in [5.74, 6) is 0.567. The van der Waals surface area contributed by atoms with E-state index in [0.717, 1.165) is 11.1 Å². The second-order valence-electron chi connectivity index (χ2n) is 3.31. The van der Waals surface area contributed by atoms with E-state index in [1.165, 1.54) is 0 Å². The Balaban J connectivity index is 0.000000921. The SMILES string of the molecule is C=Cc1ccncc1/C=C\C(C)C.CC. The van der Waals surface area contributed by atoms with E-state index in [1.54, 1.807) is 6.20 Å². The molecule has 1 heteroatoms. The minimum atomic E-state index is 0.567. The highest BCUT2D eigenvalue weighted by molar-refractivity contribution is 5.63. The molecular weight excluding hydrogens is 182 g/mol. The Morgan fingerprint density at radius 2 is 1.93 bits per heavy atom. The van der Waals surface area contributed by atoms with Crippen LogP contribution in [0, 0.1) is 5.92 Å². The lowest BCUT2D eigenvalue weighted by atomic mass is 10.1. The lowest BCUT2D eigenvalue weighted by Gasteiger charge is -1.99. The van der Waals surface area contributed by atoms with Gasteiger partial charge in [-0.2, -0.15) is 0 Å². The average Bonchev–Trinajstić information content (AvgIpc) is 2.29. The van der Waals surface area contributed by atoms with Gasteiger partial charge in [0.1, 0.15) is 0 Å². The molecule has 0 bridgehead atoms. The summed E-state index contributed by atoms with van der Waals surface area (Å²) in [7, 11) is 0. The summed E-state index contributed by atoms with van der Waals surface area (Å²) in [6.45, 7) is 12.1. The molecule has 0 atom stereocenters. The smallest absolute Gasteiger partial charge is 0.0346 e. The molecule has 0 N–H and O–H groups in total. The molecule has 15 heavy (non-hydrogen) atoms. The van der Waals surface area contributed by atoms with Crippen LogP contribution in [0.3, 0.4) is 0 Å². The zero-order valence-electron chi connectivity index (χ0n) is 10.2. The Morgan fingerprint density at radius 3 is 2.47 bits per heavy atom. The first kappa shape index (κ1) is 13.6. The molecule has 0 aromatic carbocycles. The maximum absolute atomic E-state index is 4.07. The third-order valence-electron chi connectivity index (χ3n) is 1.77. The Morgan fingerprint density at radius 1 is 1.27 bits per heavy atom. The Kier molecular flexibility index (Phi) is 7.25. The molecule has 0 saturated carbocycles. The van der Waals surface area contributed by atoms with E-state index >= 15 is 0 Å². The third-order valence-corrected chi connectivity index (χ3v) is 1.77. The maximum atomic E-state index is 4.07. The van der Waals surface area contributed by atoms with Crippen LogP contribution in [0.5, 0.6) is 0 Å². The van der Waals surface area contributed by atoms with Crippen LogP contribution in [0.15, 0.2) is 31.1 Å². The number of rotatable bonds is 3. The quantitative estimate of drug-likeness (QED) is 0.708. The van der Waals surface area contributed by atoms with E-state index in [2.05, 4.69) is 37.6 Å². The molecule has 82 valence electrons. The van der Waals surface area contributed by atoms with E-state index in [1.807, 2.05) is 32.2 Å². The van der Waals surface area contributed by atoms with Gasteiger partial charge in [0.15, 0.2) is 0 Å². The van der Waals surface area contributed by atoms with E-state index < -0.39 is 0 Å². The van der Waals surface area contributed by atoms with Crippen LogP contribution in [0.25, 0.3) is 12.2 Å². The first-order valence-electron chi connectivity index (χ1n) is 5.48. The topological polar surface area (TPSA) is 12.9 Å². The van der Waals surface area contributed by atoms with E-state index in [0.29, 0.717) is 5.92 Å². The Hall–Kier alpha value is -1.37. The minimum absolute atomic E-state index is 0.567. The molecule has 0 radical (unpaired) electrons. The Labute approximate surface area is 93.6 Å². The molecule has 0 fully saturated rings. The highest BCUT2D eigenvalue weighted by Gasteiger charge is 1.93. The van der Waals surface area contributed by atoms with Crippen molar-refractivity contribution in [1.82, 2.24) is 4.98 Å². The van der Waals surface area contributed by atoms with Gasteiger partial charge in [0.05, 0.1) is 0 Å². The maximum Gasteiger partial charge on any atom is 0.0346 e. The van der Waals surface area contributed by atoms with Gasteiger partial charge in [-0.05, 0) is 23.1 Å². The molecule has 1 rings (SSSR count). The second-order valence-corrected chi connectivity index (χ2v) is 3.31. The predicted molar refractivity (Wildman–Crippen MR) is 69.5 cm³/mol. The van der Waals surface area contributed by atoms with Crippen LogP contribution < -0.4 is 0 Å². The van der Waals surface area contributed by atoms with Crippen molar-refractivity contribution in [2.24, 2.45) is 5.92 Å². The van der Waals surface area contributed by atoms with Crippen LogP contribution in [-0.4, -0.2) is 4.98 Å². The summed E-state index contributed by atoms with van der Waals surface area (Å²) in [4.78, 5) is 4.07. The minimum Gasteiger partial charge on any atom is -0.264 e. The van der Waals surface area contributed by atoms with Crippen molar-refractivity contribution in [1.29, 1.82) is 0 Å². The Bertz CT molecular complexity index is 311. The van der Waals surface area contributed by atoms with Gasteiger partial charge >= 0.3 is 0 Å². The van der Waals surface area contributed by atoms with E-state index in [4.69, 9.17) is 0 Å². The summed E-state index contributed by atoms with van der Waals surface area (Å²) in [5, 5.41) is 0. The zero-order valence-corrected chi connectivity index (χ0v) is 10.2. The van der Waals surface area contributed by atoms with Crippen LogP contribution in [-0.2, 0) is 0 Å². The largest absolute Gasteiger partial charge is 0.264 e. The van der Waals surface area contributed by atoms with Gasteiger partial charge < -0.3 is 0 Å². The lowest BCUT2D eigenvalue weighted by Crippen LogP contribution is -1.83. The molecule has 0 aliphatic carbocycles. The fourth-order valence-corrected chi connectivity index (χ4v) is 1.04. The number of aromatic nitrogens is 1. The molecule has 1 aromatic heterocycles. The van der Waals surface area contributed by atoms with Crippen molar-refractivity contribution < 1.29 is 0 Å². The molecule has 1 nitrogen and oxygen atoms in total. The fourth-order valence-electron chi connectivity index (χ4n) is 1.04. The molecule has 0 amide bonds. The molecule has 0 saturated heterocycles. The monoisotopic (exact) mass is 203 g/mol. The molecule has 1 heterocycles. The van der Waals surface area contributed by atoms with Gasteiger partial charge in [0.25, 0.3) is 0 Å². The van der Waals surface area contributed by atoms with Crippen LogP contribution >= 0.6 is 0 Å². The molecule has 0 unspecified atom stereocenters. The van der Waals surface area contributed by atoms with Gasteiger partial charge in [0, 0.05) is 12.4 Å². The normalized spacial score (nSPS) is 9.93. The van der Waals surface area contributed by atoms with Gasteiger partial charge in [-0.25, -0.2) is 0 Å². The summed E-state index contributed by atoms with van der Waals surface area (Å²) >= 11 is 0. The molecule has 1 aromatic rings. The number of pyridine rings is 1. The van der Waals surface area contributed by atoms with Gasteiger partial charge in [-0.15, -0.1) is 0 Å². The van der Waals surface area contributed by atoms with Crippen LogP contribution in [0.4, 0.5) is 0 Å². The number of hydrogen-bond acceptors (Lipinski definition) is 1. The zero-order chi connectivity index (χ0) is 11.7. The highest BCUT2D eigenvalue weighted by Crippen LogP contribution is 2.11. The number of nitrogens with zero attached hydrogens (tertiary/aromatic N) is 1. The first-order chi connectivity index (χ1) is 7.24. The van der Waals surface area contributed by atoms with Crippen molar-refractivity contribution in [2.75, 3.05) is 0 Å². The third kappa shape index (κ3) is 5.16. The fraction of sp³-hybridized carbons (Fsp3) is 0.357. The summed E-state index contributed by atoms with van der Waals surface area (Å²) in [6.07, 6.45) is 9.74. The summed E-state index contributed by atoms with van der Waals surface area (Å²) in [5.41, 5.74) is 2.26. The highest BCUT2D eigenvalue weighted by atomic mass is 14.6. The number of hydrogen-bond donors (Lipinski definition) is 0. The van der Waals surface area contributed by atoms with Gasteiger partial charge in [0.2, 0.25) is 0 Å². The summed E-state index contributed by atoms with van der Waals surface area (Å²) < 4.78 is 0. The number of allylic oxidation sites excluding steroid dienone is 1. The van der Waals surface area contributed by atoms with Crippen molar-refractivity contribution in [3.63, 3.8) is 0 Å². The standard InChI is InChI=1S/C12H15N.C2H6/c1-4-11-7-8-13-9-12(11)6-5-10(2)3;1-2/h4-10H,1H2,2-3H3;1-2H3/b6-5-;. The van der Waals surface area contributed by atoms with Gasteiger partial charge in [-0.1, -0.05) is 52.5 Å². The average molecular weight is 203 g/mol. The van der Waals surface area contributed by atoms with Gasteiger partial charge in [-0.3, -0.25) is 4.98 Å².